The summed E-state index contributed by atoms with van der Waals surface area (Å²) < 4.78 is 4.96. The van der Waals surface area contributed by atoms with Crippen molar-refractivity contribution in [1.82, 2.24) is 4.90 Å². The molecule has 4 heteroatoms. The second-order valence-corrected chi connectivity index (χ2v) is 5.18. The van der Waals surface area contributed by atoms with E-state index in [9.17, 15) is 4.79 Å². The molecule has 1 saturated carbocycles. The van der Waals surface area contributed by atoms with Gasteiger partial charge in [0.15, 0.2) is 0 Å². The second-order valence-electron chi connectivity index (χ2n) is 5.18. The minimum atomic E-state index is -0.0829. The fourth-order valence-corrected chi connectivity index (χ4v) is 2.54. The average molecular weight is 242 g/mol. The Balaban J connectivity index is 2.16. The topological polar surface area (TPSA) is 55.6 Å². The molecule has 0 aromatic rings. The lowest BCUT2D eigenvalue weighted by Crippen LogP contribution is -2.41. The number of carbonyl (C=O) groups is 1. The Morgan fingerprint density at radius 2 is 2.12 bits per heavy atom. The number of methoxy groups -OCH3 is 1. The van der Waals surface area contributed by atoms with Gasteiger partial charge in [0.25, 0.3) is 0 Å². The molecule has 0 aromatic carbocycles. The van der Waals surface area contributed by atoms with Gasteiger partial charge in [0, 0.05) is 33.2 Å². The lowest BCUT2D eigenvalue weighted by atomic mass is 10.0. The van der Waals surface area contributed by atoms with E-state index >= 15 is 0 Å². The summed E-state index contributed by atoms with van der Waals surface area (Å²) in [4.78, 5) is 13.6. The van der Waals surface area contributed by atoms with Gasteiger partial charge >= 0.3 is 0 Å². The number of likely N-dealkylation sites (N-methyl/N-ethyl adjacent to an activating group) is 1. The van der Waals surface area contributed by atoms with Crippen LogP contribution in [-0.2, 0) is 9.53 Å². The van der Waals surface area contributed by atoms with Crippen LogP contribution in [0, 0.1) is 5.92 Å². The number of carbonyl (C=O) groups excluding carboxylic acids is 1. The maximum absolute atomic E-state index is 11.9. The smallest absolute Gasteiger partial charge is 0.222 e. The minimum absolute atomic E-state index is 0.0829. The molecule has 1 amide bonds. The molecule has 17 heavy (non-hydrogen) atoms. The molecule has 1 rings (SSSR count). The summed E-state index contributed by atoms with van der Waals surface area (Å²) in [5.74, 6) is 0.989. The molecule has 0 saturated heterocycles. The van der Waals surface area contributed by atoms with Gasteiger partial charge in [-0.25, -0.2) is 0 Å². The number of nitrogens with two attached hydrogens (primary N) is 1. The first-order valence-electron chi connectivity index (χ1n) is 6.62. The third kappa shape index (κ3) is 5.50. The molecule has 0 aromatic heterocycles. The molecule has 0 aliphatic heterocycles. The van der Waals surface area contributed by atoms with E-state index in [-0.39, 0.29) is 11.9 Å². The van der Waals surface area contributed by atoms with E-state index in [2.05, 4.69) is 0 Å². The normalized spacial score (nSPS) is 18.3. The predicted octanol–water partition coefficient (Wildman–Crippen LogP) is 1.39. The van der Waals surface area contributed by atoms with Gasteiger partial charge in [0.05, 0.1) is 6.61 Å². The van der Waals surface area contributed by atoms with Crippen molar-refractivity contribution in [3.05, 3.63) is 0 Å². The molecular weight excluding hydrogens is 216 g/mol. The maximum atomic E-state index is 11.9. The van der Waals surface area contributed by atoms with Gasteiger partial charge in [-0.2, -0.15) is 0 Å². The Bertz CT molecular complexity index is 227. The second kappa shape index (κ2) is 7.67. The Kier molecular flexibility index (Phi) is 6.52. The van der Waals surface area contributed by atoms with Crippen LogP contribution in [0.2, 0.25) is 0 Å². The van der Waals surface area contributed by atoms with Crippen LogP contribution in [0.25, 0.3) is 0 Å². The van der Waals surface area contributed by atoms with Crippen LogP contribution < -0.4 is 5.73 Å². The standard InChI is InChI=1S/C13H26N2O2/c1-15(9-12(14)10-17-2)13(16)8-7-11-5-3-4-6-11/h11-12H,3-10,14H2,1-2H3. The van der Waals surface area contributed by atoms with Crippen molar-refractivity contribution in [2.75, 3.05) is 27.3 Å². The van der Waals surface area contributed by atoms with Gasteiger partial charge in [-0.1, -0.05) is 25.7 Å². The van der Waals surface area contributed by atoms with Crippen LogP contribution in [0.4, 0.5) is 0 Å². The largest absolute Gasteiger partial charge is 0.383 e. The molecule has 1 fully saturated rings. The predicted molar refractivity (Wildman–Crippen MR) is 68.7 cm³/mol. The fourth-order valence-electron chi connectivity index (χ4n) is 2.54. The highest BCUT2D eigenvalue weighted by atomic mass is 16.5. The summed E-state index contributed by atoms with van der Waals surface area (Å²) in [6.45, 7) is 1.08. The van der Waals surface area contributed by atoms with E-state index < -0.39 is 0 Å². The average Bonchev–Trinajstić information content (AvgIpc) is 2.78. The maximum Gasteiger partial charge on any atom is 0.222 e. The zero-order valence-electron chi connectivity index (χ0n) is 11.2. The Hall–Kier alpha value is -0.610. The van der Waals surface area contributed by atoms with Gasteiger partial charge in [-0.15, -0.1) is 0 Å². The van der Waals surface area contributed by atoms with Crippen LogP contribution in [0.15, 0.2) is 0 Å². The van der Waals surface area contributed by atoms with Gasteiger partial charge in [0.1, 0.15) is 0 Å². The van der Waals surface area contributed by atoms with Crippen LogP contribution in [0.3, 0.4) is 0 Å². The zero-order chi connectivity index (χ0) is 12.7. The van der Waals surface area contributed by atoms with E-state index in [0.717, 1.165) is 12.3 Å². The van der Waals surface area contributed by atoms with Crippen molar-refractivity contribution in [2.24, 2.45) is 11.7 Å². The molecule has 0 bridgehead atoms. The van der Waals surface area contributed by atoms with Crippen LogP contribution in [0.5, 0.6) is 0 Å². The van der Waals surface area contributed by atoms with Crippen LogP contribution in [0.1, 0.15) is 38.5 Å². The first-order valence-corrected chi connectivity index (χ1v) is 6.62. The number of hydrogen-bond acceptors (Lipinski definition) is 3. The molecular formula is C13H26N2O2. The van der Waals surface area contributed by atoms with Crippen molar-refractivity contribution in [1.29, 1.82) is 0 Å². The van der Waals surface area contributed by atoms with E-state index in [1.807, 2.05) is 7.05 Å². The number of amides is 1. The SMILES string of the molecule is COCC(N)CN(C)C(=O)CCC1CCCC1. The summed E-state index contributed by atoms with van der Waals surface area (Å²) in [6.07, 6.45) is 7.00. The molecule has 0 spiro atoms. The molecule has 1 aliphatic rings. The minimum Gasteiger partial charge on any atom is -0.383 e. The summed E-state index contributed by atoms with van der Waals surface area (Å²) in [5.41, 5.74) is 5.82. The Morgan fingerprint density at radius 1 is 1.47 bits per heavy atom. The van der Waals surface area contributed by atoms with Crippen molar-refractivity contribution in [3.63, 3.8) is 0 Å². The summed E-state index contributed by atoms with van der Waals surface area (Å²) >= 11 is 0. The lowest BCUT2D eigenvalue weighted by molar-refractivity contribution is -0.130. The van der Waals surface area contributed by atoms with E-state index in [1.165, 1.54) is 25.7 Å². The number of ether oxygens (including phenoxy) is 1. The third-order valence-corrected chi connectivity index (χ3v) is 3.56. The first-order chi connectivity index (χ1) is 8.13. The lowest BCUT2D eigenvalue weighted by Gasteiger charge is -2.21. The molecule has 1 aliphatic carbocycles. The highest BCUT2D eigenvalue weighted by molar-refractivity contribution is 5.75. The monoisotopic (exact) mass is 242 g/mol. The van der Waals surface area contributed by atoms with Crippen molar-refractivity contribution in [3.8, 4) is 0 Å². The van der Waals surface area contributed by atoms with Crippen molar-refractivity contribution >= 4 is 5.91 Å². The van der Waals surface area contributed by atoms with Gasteiger partial charge < -0.3 is 15.4 Å². The summed E-state index contributed by atoms with van der Waals surface area (Å²) in [6, 6.07) is -0.0829. The highest BCUT2D eigenvalue weighted by Gasteiger charge is 2.18. The molecule has 100 valence electrons. The first kappa shape index (κ1) is 14.5. The van der Waals surface area contributed by atoms with Gasteiger partial charge in [0.2, 0.25) is 5.91 Å². The van der Waals surface area contributed by atoms with E-state index in [4.69, 9.17) is 10.5 Å². The molecule has 1 atom stereocenters. The van der Waals surface area contributed by atoms with Crippen molar-refractivity contribution in [2.45, 2.75) is 44.6 Å². The Morgan fingerprint density at radius 3 is 2.71 bits per heavy atom. The van der Waals surface area contributed by atoms with Crippen molar-refractivity contribution < 1.29 is 9.53 Å². The summed E-state index contributed by atoms with van der Waals surface area (Å²) in [7, 11) is 3.45. The van der Waals surface area contributed by atoms with E-state index in [0.29, 0.717) is 19.6 Å². The Labute approximate surface area is 104 Å². The van der Waals surface area contributed by atoms with Gasteiger partial charge in [-0.3, -0.25) is 4.79 Å². The molecule has 4 nitrogen and oxygen atoms in total. The zero-order valence-corrected chi connectivity index (χ0v) is 11.2. The quantitative estimate of drug-likeness (QED) is 0.734. The van der Waals surface area contributed by atoms with Crippen LogP contribution >= 0.6 is 0 Å². The third-order valence-electron chi connectivity index (χ3n) is 3.56. The molecule has 0 heterocycles. The molecule has 0 radical (unpaired) electrons. The molecule has 1 unspecified atom stereocenters. The summed E-state index contributed by atoms with van der Waals surface area (Å²) in [5, 5.41) is 0. The van der Waals surface area contributed by atoms with E-state index in [1.54, 1.807) is 12.0 Å². The van der Waals surface area contributed by atoms with Gasteiger partial charge in [-0.05, 0) is 12.3 Å². The fraction of sp³-hybridized carbons (Fsp3) is 0.923. The van der Waals surface area contributed by atoms with Crippen LogP contribution in [-0.4, -0.2) is 44.2 Å². The highest BCUT2D eigenvalue weighted by Crippen LogP contribution is 2.28. The molecule has 2 N–H and O–H groups in total. The number of nitrogens with zero attached hydrogens (tertiary/aromatic N) is 1. The number of rotatable bonds is 7. The number of hydrogen-bond donors (Lipinski definition) is 1.